The lowest BCUT2D eigenvalue weighted by atomic mass is 10.2. The topological polar surface area (TPSA) is 94.9 Å². The Morgan fingerprint density at radius 3 is 2.76 bits per heavy atom. The van der Waals surface area contributed by atoms with E-state index in [2.05, 4.69) is 9.97 Å². The fraction of sp³-hybridized carbons (Fsp3) is 0.200. The van der Waals surface area contributed by atoms with Crippen molar-refractivity contribution in [3.8, 4) is 0 Å². The molecule has 2 rings (SSSR count). The molecule has 1 aromatic heterocycles. The van der Waals surface area contributed by atoms with Gasteiger partial charge in [0.15, 0.2) is 0 Å². The molecule has 1 aromatic carbocycles. The second-order valence-corrected chi connectivity index (χ2v) is 3.46. The molecular weight excluding hydrogens is 227 g/mol. The van der Waals surface area contributed by atoms with Crippen molar-refractivity contribution in [3.63, 3.8) is 0 Å². The maximum Gasteiger partial charge on any atom is 0.305 e. The minimum atomic E-state index is -0.928. The number of aryl methyl sites for hydroxylation is 1. The van der Waals surface area contributed by atoms with Gasteiger partial charge < -0.3 is 5.73 Å². The number of hydrogen-bond donors (Lipinski definition) is 1. The zero-order chi connectivity index (χ0) is 12.6. The molecule has 2 aromatic rings. The van der Waals surface area contributed by atoms with Crippen LogP contribution >= 0.6 is 0 Å². The number of anilines is 1. The number of benzene rings is 1. The second kappa shape index (κ2) is 3.93. The summed E-state index contributed by atoms with van der Waals surface area (Å²) in [6.07, 6.45) is 0.554. The highest BCUT2D eigenvalue weighted by Crippen LogP contribution is 2.26. The van der Waals surface area contributed by atoms with E-state index in [1.807, 2.05) is 6.92 Å². The van der Waals surface area contributed by atoms with Crippen LogP contribution in [0, 0.1) is 15.9 Å². The summed E-state index contributed by atoms with van der Waals surface area (Å²) in [4.78, 5) is 17.8. The van der Waals surface area contributed by atoms with Gasteiger partial charge in [0, 0.05) is 23.9 Å². The number of fused-ring (bicyclic) bond motifs is 1. The van der Waals surface area contributed by atoms with Crippen molar-refractivity contribution in [1.82, 2.24) is 9.97 Å². The van der Waals surface area contributed by atoms with Crippen LogP contribution in [0.25, 0.3) is 10.9 Å². The SMILES string of the molecule is CCc1nc(N)c2cc([N+](=O)[O-])c(F)cc2n1. The summed E-state index contributed by atoms with van der Waals surface area (Å²) in [6, 6.07) is 2.06. The van der Waals surface area contributed by atoms with E-state index in [1.54, 1.807) is 0 Å². The zero-order valence-electron chi connectivity index (χ0n) is 8.98. The summed E-state index contributed by atoms with van der Waals surface area (Å²) in [5.41, 5.74) is 5.30. The molecule has 0 fully saturated rings. The molecule has 0 saturated heterocycles. The van der Waals surface area contributed by atoms with Crippen molar-refractivity contribution in [3.05, 3.63) is 33.9 Å². The van der Waals surface area contributed by atoms with Crippen LogP contribution in [0.5, 0.6) is 0 Å². The van der Waals surface area contributed by atoms with Gasteiger partial charge in [-0.2, -0.15) is 4.39 Å². The first-order valence-electron chi connectivity index (χ1n) is 4.93. The zero-order valence-corrected chi connectivity index (χ0v) is 8.98. The van der Waals surface area contributed by atoms with Crippen LogP contribution in [0.1, 0.15) is 12.7 Å². The molecule has 6 nitrogen and oxygen atoms in total. The third-order valence-corrected chi connectivity index (χ3v) is 2.35. The molecule has 1 heterocycles. The summed E-state index contributed by atoms with van der Waals surface area (Å²) in [5.74, 6) is -0.333. The molecule has 0 saturated carbocycles. The number of hydrogen-bond acceptors (Lipinski definition) is 5. The lowest BCUT2D eigenvalue weighted by molar-refractivity contribution is -0.387. The summed E-state index contributed by atoms with van der Waals surface area (Å²) in [6.45, 7) is 1.84. The van der Waals surface area contributed by atoms with Crippen molar-refractivity contribution in [1.29, 1.82) is 0 Å². The maximum atomic E-state index is 13.4. The number of nitro groups is 1. The van der Waals surface area contributed by atoms with E-state index >= 15 is 0 Å². The second-order valence-electron chi connectivity index (χ2n) is 3.46. The first kappa shape index (κ1) is 11.2. The third kappa shape index (κ3) is 1.86. The molecule has 0 atom stereocenters. The molecule has 88 valence electrons. The molecule has 0 aliphatic rings. The lowest BCUT2D eigenvalue weighted by Crippen LogP contribution is -2.01. The number of rotatable bonds is 2. The average molecular weight is 236 g/mol. The van der Waals surface area contributed by atoms with E-state index in [9.17, 15) is 14.5 Å². The van der Waals surface area contributed by atoms with Gasteiger partial charge in [-0.1, -0.05) is 6.92 Å². The van der Waals surface area contributed by atoms with E-state index in [0.29, 0.717) is 12.2 Å². The third-order valence-electron chi connectivity index (χ3n) is 2.35. The van der Waals surface area contributed by atoms with Gasteiger partial charge in [0.25, 0.3) is 0 Å². The van der Waals surface area contributed by atoms with Crippen molar-refractivity contribution >= 4 is 22.4 Å². The van der Waals surface area contributed by atoms with Gasteiger partial charge in [0.05, 0.1) is 10.4 Å². The maximum absolute atomic E-state index is 13.4. The molecule has 0 aliphatic heterocycles. The first-order chi connectivity index (χ1) is 8.02. The highest BCUT2D eigenvalue weighted by Gasteiger charge is 2.17. The van der Waals surface area contributed by atoms with Gasteiger partial charge in [-0.05, 0) is 0 Å². The van der Waals surface area contributed by atoms with Crippen molar-refractivity contribution in [2.45, 2.75) is 13.3 Å². The molecule has 0 aliphatic carbocycles. The average Bonchev–Trinajstić information content (AvgIpc) is 2.27. The first-order valence-corrected chi connectivity index (χ1v) is 4.93. The van der Waals surface area contributed by atoms with Crippen molar-refractivity contribution in [2.75, 3.05) is 5.73 Å². The van der Waals surface area contributed by atoms with Crippen LogP contribution < -0.4 is 5.73 Å². The Morgan fingerprint density at radius 1 is 1.47 bits per heavy atom. The Bertz CT molecular complexity index is 615. The molecule has 0 unspecified atom stereocenters. The smallest absolute Gasteiger partial charge is 0.305 e. The lowest BCUT2D eigenvalue weighted by Gasteiger charge is -2.04. The predicted octanol–water partition coefficient (Wildman–Crippen LogP) is 1.82. The summed E-state index contributed by atoms with van der Waals surface area (Å²) < 4.78 is 13.4. The molecule has 0 bridgehead atoms. The normalized spacial score (nSPS) is 10.7. The Hall–Kier alpha value is -2.31. The summed E-state index contributed by atoms with van der Waals surface area (Å²) in [7, 11) is 0. The largest absolute Gasteiger partial charge is 0.383 e. The number of nitrogens with zero attached hydrogens (tertiary/aromatic N) is 3. The Kier molecular flexibility index (Phi) is 2.58. The van der Waals surface area contributed by atoms with Crippen molar-refractivity contribution < 1.29 is 9.31 Å². The molecule has 0 radical (unpaired) electrons. The fourth-order valence-electron chi connectivity index (χ4n) is 1.51. The highest BCUT2D eigenvalue weighted by molar-refractivity contribution is 5.89. The van der Waals surface area contributed by atoms with Crippen LogP contribution in [0.2, 0.25) is 0 Å². The van der Waals surface area contributed by atoms with Crippen LogP contribution in [0.3, 0.4) is 0 Å². The summed E-state index contributed by atoms with van der Waals surface area (Å²) >= 11 is 0. The fourth-order valence-corrected chi connectivity index (χ4v) is 1.51. The standard InChI is InChI=1S/C10H9FN4O2/c1-2-9-13-7-4-6(11)8(15(16)17)3-5(7)10(12)14-9/h3-4H,2H2,1H3,(H2,12,13,14). The van der Waals surface area contributed by atoms with Crippen LogP contribution in [0.4, 0.5) is 15.9 Å². The van der Waals surface area contributed by atoms with Gasteiger partial charge in [-0.25, -0.2) is 9.97 Å². The van der Waals surface area contributed by atoms with Gasteiger partial charge in [0.1, 0.15) is 11.6 Å². The van der Waals surface area contributed by atoms with E-state index in [0.717, 1.165) is 12.1 Å². The van der Waals surface area contributed by atoms with E-state index in [4.69, 9.17) is 5.73 Å². The Morgan fingerprint density at radius 2 is 2.18 bits per heavy atom. The van der Waals surface area contributed by atoms with E-state index in [-0.39, 0.29) is 16.7 Å². The van der Waals surface area contributed by atoms with Gasteiger partial charge in [-0.3, -0.25) is 10.1 Å². The molecule has 17 heavy (non-hydrogen) atoms. The number of nitrogens with two attached hydrogens (primary N) is 1. The monoisotopic (exact) mass is 236 g/mol. The molecule has 7 heteroatoms. The van der Waals surface area contributed by atoms with E-state index in [1.165, 1.54) is 0 Å². The van der Waals surface area contributed by atoms with Crippen LogP contribution in [0.15, 0.2) is 12.1 Å². The number of nitro benzene ring substituents is 1. The predicted molar refractivity (Wildman–Crippen MR) is 59.9 cm³/mol. The molecule has 2 N–H and O–H groups in total. The number of halogens is 1. The van der Waals surface area contributed by atoms with Crippen LogP contribution in [-0.4, -0.2) is 14.9 Å². The number of aromatic nitrogens is 2. The Labute approximate surface area is 95.4 Å². The van der Waals surface area contributed by atoms with Gasteiger partial charge in [0.2, 0.25) is 5.82 Å². The number of nitrogen functional groups attached to an aromatic ring is 1. The molecule has 0 spiro atoms. The molecule has 0 amide bonds. The molecular formula is C10H9FN4O2. The minimum absolute atomic E-state index is 0.120. The highest BCUT2D eigenvalue weighted by atomic mass is 19.1. The summed E-state index contributed by atoms with van der Waals surface area (Å²) in [5, 5.41) is 10.9. The quantitative estimate of drug-likeness (QED) is 0.633. The minimum Gasteiger partial charge on any atom is -0.383 e. The van der Waals surface area contributed by atoms with Crippen molar-refractivity contribution in [2.24, 2.45) is 0 Å². The van der Waals surface area contributed by atoms with Gasteiger partial charge in [-0.15, -0.1) is 0 Å². The Balaban J connectivity index is 2.78. The van der Waals surface area contributed by atoms with Gasteiger partial charge >= 0.3 is 5.69 Å². The van der Waals surface area contributed by atoms with E-state index < -0.39 is 16.4 Å². The van der Waals surface area contributed by atoms with Crippen LogP contribution in [-0.2, 0) is 6.42 Å².